The Hall–Kier alpha value is -0.830. The molecule has 0 aromatic rings. The van der Waals surface area contributed by atoms with E-state index in [2.05, 4.69) is 13.8 Å². The van der Waals surface area contributed by atoms with Crippen molar-refractivity contribution in [3.8, 4) is 0 Å². The normalized spacial score (nSPS) is 40.4. The smallest absolute Gasteiger partial charge is 0.311 e. The first kappa shape index (κ1) is 11.6. The molecular formula is C13H20O3. The molecule has 16 heavy (non-hydrogen) atoms. The summed E-state index contributed by atoms with van der Waals surface area (Å²) in [4.78, 5) is 11.7. The molecule has 3 aliphatic carbocycles. The van der Waals surface area contributed by atoms with Crippen LogP contribution < -0.4 is 0 Å². The molecule has 1 saturated carbocycles. The minimum Gasteiger partial charge on any atom is -0.469 e. The van der Waals surface area contributed by atoms with Gasteiger partial charge in [-0.3, -0.25) is 4.79 Å². The summed E-state index contributed by atoms with van der Waals surface area (Å²) >= 11 is 0. The Morgan fingerprint density at radius 3 is 2.62 bits per heavy atom. The number of allylic oxidation sites excluding steroid dienone is 1. The molecule has 3 nitrogen and oxygen atoms in total. The molecule has 0 aromatic carbocycles. The summed E-state index contributed by atoms with van der Waals surface area (Å²) < 4.78 is 4.78. The van der Waals surface area contributed by atoms with Crippen molar-refractivity contribution in [3.63, 3.8) is 0 Å². The summed E-state index contributed by atoms with van der Waals surface area (Å²) in [6, 6.07) is 0. The van der Waals surface area contributed by atoms with Gasteiger partial charge in [-0.05, 0) is 31.1 Å². The van der Waals surface area contributed by atoms with Crippen LogP contribution in [0.1, 0.15) is 33.6 Å². The molecule has 0 aliphatic heterocycles. The first-order valence-electron chi connectivity index (χ1n) is 5.80. The molecule has 3 aliphatic rings. The second-order valence-corrected chi connectivity index (χ2v) is 5.91. The lowest BCUT2D eigenvalue weighted by Gasteiger charge is -2.54. The van der Waals surface area contributed by atoms with Crippen molar-refractivity contribution in [1.29, 1.82) is 0 Å². The predicted molar refractivity (Wildman–Crippen MR) is 60.7 cm³/mol. The Bertz CT molecular complexity index is 356. The SMILES string of the molecule is COC(=O)[C@@H]1C[C@@H]2C(C)=C[C@@]1(O)CC2(C)C. The van der Waals surface area contributed by atoms with E-state index in [0.29, 0.717) is 18.8 Å². The minimum absolute atomic E-state index is 0.0676. The molecule has 0 aromatic heterocycles. The fraction of sp³-hybridized carbons (Fsp3) is 0.769. The van der Waals surface area contributed by atoms with Crippen LogP contribution in [0.3, 0.4) is 0 Å². The first-order chi connectivity index (χ1) is 7.30. The van der Waals surface area contributed by atoms with Gasteiger partial charge in [0.05, 0.1) is 18.6 Å². The number of ether oxygens (including phenoxy) is 1. The van der Waals surface area contributed by atoms with Gasteiger partial charge in [-0.1, -0.05) is 25.5 Å². The Kier molecular flexibility index (Phi) is 2.42. The van der Waals surface area contributed by atoms with E-state index >= 15 is 0 Å². The molecule has 2 bridgehead atoms. The fourth-order valence-electron chi connectivity index (χ4n) is 3.63. The third kappa shape index (κ3) is 1.49. The summed E-state index contributed by atoms with van der Waals surface area (Å²) in [5.41, 5.74) is 0.270. The lowest BCUT2D eigenvalue weighted by Crippen LogP contribution is -2.55. The number of fused-ring (bicyclic) bond motifs is 2. The van der Waals surface area contributed by atoms with Crippen molar-refractivity contribution in [2.75, 3.05) is 7.11 Å². The van der Waals surface area contributed by atoms with Gasteiger partial charge in [0.15, 0.2) is 0 Å². The van der Waals surface area contributed by atoms with Gasteiger partial charge in [0.1, 0.15) is 0 Å². The lowest BCUT2D eigenvalue weighted by molar-refractivity contribution is -0.164. The quantitative estimate of drug-likeness (QED) is 0.546. The van der Waals surface area contributed by atoms with Crippen LogP contribution in [0, 0.1) is 17.3 Å². The average Bonchev–Trinajstić information content (AvgIpc) is 2.13. The topological polar surface area (TPSA) is 46.5 Å². The highest BCUT2D eigenvalue weighted by Gasteiger charge is 2.56. The number of aliphatic hydroxyl groups is 1. The average molecular weight is 224 g/mol. The number of esters is 1. The van der Waals surface area contributed by atoms with Crippen LogP contribution in [-0.2, 0) is 9.53 Å². The number of rotatable bonds is 1. The first-order valence-corrected chi connectivity index (χ1v) is 5.80. The molecule has 0 saturated heterocycles. The van der Waals surface area contributed by atoms with E-state index in [-0.39, 0.29) is 17.3 Å². The van der Waals surface area contributed by atoms with E-state index in [0.717, 1.165) is 0 Å². The molecule has 0 spiro atoms. The van der Waals surface area contributed by atoms with Crippen molar-refractivity contribution >= 4 is 5.97 Å². The highest BCUT2D eigenvalue weighted by atomic mass is 16.5. The standard InChI is InChI=1S/C13H20O3/c1-8-6-13(15)7-12(2,3)9(8)5-10(13)11(14)16-4/h6,9-10,15H,5,7H2,1-4H3/t9-,10+,13-/m1/s1. The molecular weight excluding hydrogens is 204 g/mol. The maximum Gasteiger partial charge on any atom is 0.311 e. The van der Waals surface area contributed by atoms with Gasteiger partial charge in [0.2, 0.25) is 0 Å². The Balaban J connectivity index is 2.39. The zero-order valence-corrected chi connectivity index (χ0v) is 10.4. The van der Waals surface area contributed by atoms with E-state index < -0.39 is 5.60 Å². The van der Waals surface area contributed by atoms with Gasteiger partial charge >= 0.3 is 5.97 Å². The summed E-state index contributed by atoms with van der Waals surface area (Å²) in [5, 5.41) is 10.6. The Morgan fingerprint density at radius 2 is 2.19 bits per heavy atom. The molecule has 1 fully saturated rings. The summed E-state index contributed by atoms with van der Waals surface area (Å²) in [5.74, 6) is -0.295. The minimum atomic E-state index is -1.00. The van der Waals surface area contributed by atoms with Crippen LogP contribution >= 0.6 is 0 Å². The highest BCUT2D eigenvalue weighted by molar-refractivity contribution is 5.75. The van der Waals surface area contributed by atoms with Gasteiger partial charge < -0.3 is 9.84 Å². The predicted octanol–water partition coefficient (Wildman–Crippen LogP) is 1.90. The molecule has 90 valence electrons. The molecule has 0 heterocycles. The largest absolute Gasteiger partial charge is 0.469 e. The van der Waals surface area contributed by atoms with E-state index in [1.807, 2.05) is 13.0 Å². The van der Waals surface area contributed by atoms with Crippen molar-refractivity contribution in [2.45, 2.75) is 39.2 Å². The number of carbonyl (C=O) groups is 1. The van der Waals surface area contributed by atoms with Gasteiger partial charge in [-0.25, -0.2) is 0 Å². The zero-order valence-electron chi connectivity index (χ0n) is 10.4. The number of hydrogen-bond acceptors (Lipinski definition) is 3. The third-order valence-corrected chi connectivity index (χ3v) is 4.27. The fourth-order valence-corrected chi connectivity index (χ4v) is 3.63. The second kappa shape index (κ2) is 3.33. The van der Waals surface area contributed by atoms with E-state index in [1.165, 1.54) is 12.7 Å². The summed E-state index contributed by atoms with van der Waals surface area (Å²) in [6.45, 7) is 6.36. The van der Waals surface area contributed by atoms with Crippen LogP contribution in [0.5, 0.6) is 0 Å². The van der Waals surface area contributed by atoms with Gasteiger partial charge in [-0.15, -0.1) is 0 Å². The van der Waals surface area contributed by atoms with Crippen LogP contribution in [0.4, 0.5) is 0 Å². The van der Waals surface area contributed by atoms with Gasteiger partial charge in [-0.2, -0.15) is 0 Å². The highest BCUT2D eigenvalue weighted by Crippen LogP contribution is 2.56. The number of carbonyl (C=O) groups excluding carboxylic acids is 1. The summed E-state index contributed by atoms with van der Waals surface area (Å²) in [6.07, 6.45) is 3.22. The van der Waals surface area contributed by atoms with Gasteiger partial charge in [0, 0.05) is 0 Å². The lowest BCUT2D eigenvalue weighted by atomic mass is 9.53. The van der Waals surface area contributed by atoms with Gasteiger partial charge in [0.25, 0.3) is 0 Å². The van der Waals surface area contributed by atoms with Crippen molar-refractivity contribution in [2.24, 2.45) is 17.3 Å². The van der Waals surface area contributed by atoms with Crippen LogP contribution in [0.15, 0.2) is 11.6 Å². The Labute approximate surface area is 96.5 Å². The Morgan fingerprint density at radius 1 is 1.56 bits per heavy atom. The van der Waals surface area contributed by atoms with Crippen molar-refractivity contribution in [1.82, 2.24) is 0 Å². The molecule has 3 heteroatoms. The molecule has 0 unspecified atom stereocenters. The van der Waals surface area contributed by atoms with Crippen LogP contribution in [0.25, 0.3) is 0 Å². The van der Waals surface area contributed by atoms with Crippen molar-refractivity contribution in [3.05, 3.63) is 11.6 Å². The maximum absolute atomic E-state index is 11.7. The van der Waals surface area contributed by atoms with Crippen LogP contribution in [-0.4, -0.2) is 23.8 Å². The van der Waals surface area contributed by atoms with E-state index in [4.69, 9.17) is 4.74 Å². The third-order valence-electron chi connectivity index (χ3n) is 4.27. The van der Waals surface area contributed by atoms with E-state index in [9.17, 15) is 9.90 Å². The van der Waals surface area contributed by atoms with E-state index in [1.54, 1.807) is 0 Å². The maximum atomic E-state index is 11.7. The van der Waals surface area contributed by atoms with Crippen LogP contribution in [0.2, 0.25) is 0 Å². The monoisotopic (exact) mass is 224 g/mol. The molecule has 1 N–H and O–H groups in total. The van der Waals surface area contributed by atoms with Crippen molar-refractivity contribution < 1.29 is 14.6 Å². The molecule has 3 rings (SSSR count). The zero-order chi connectivity index (χ0) is 12.1. The second-order valence-electron chi connectivity index (χ2n) is 5.91. The number of methoxy groups -OCH3 is 1. The molecule has 0 amide bonds. The molecule has 3 atom stereocenters. The summed E-state index contributed by atoms with van der Waals surface area (Å²) in [7, 11) is 1.38. The number of hydrogen-bond donors (Lipinski definition) is 1. The molecule has 0 radical (unpaired) electrons.